The number of amides is 1. The van der Waals surface area contributed by atoms with Gasteiger partial charge < -0.3 is 10.0 Å². The Bertz CT molecular complexity index is 902. The van der Waals surface area contributed by atoms with E-state index in [1.54, 1.807) is 10.9 Å². The van der Waals surface area contributed by atoms with E-state index in [2.05, 4.69) is 15.0 Å². The number of aromatic nitrogens is 3. The quantitative estimate of drug-likeness (QED) is 0.810. The van der Waals surface area contributed by atoms with E-state index in [-0.39, 0.29) is 11.3 Å². The average Bonchev–Trinajstić information content (AvgIpc) is 3.37. The maximum atomic E-state index is 13.0. The molecule has 2 aromatic rings. The fourth-order valence-corrected chi connectivity index (χ4v) is 3.81. The number of carbonyl (C=O) groups excluding carboxylic acids is 1. The van der Waals surface area contributed by atoms with Gasteiger partial charge in [-0.15, -0.1) is 0 Å². The SMILES string of the molecule is Cn1cc(N2CCC3(CCN(Cc4ccccn4)C3)C2=O)cn1.O=C(O)C(F)(F)F. The Morgan fingerprint density at radius 1 is 1.27 bits per heavy atom. The molecule has 0 radical (unpaired) electrons. The number of carbonyl (C=O) groups is 2. The second kappa shape index (κ2) is 8.42. The second-order valence-electron chi connectivity index (χ2n) is 7.44. The highest BCUT2D eigenvalue weighted by atomic mass is 19.4. The van der Waals surface area contributed by atoms with Crippen LogP contribution in [0.2, 0.25) is 0 Å². The monoisotopic (exact) mass is 425 g/mol. The maximum Gasteiger partial charge on any atom is 0.490 e. The highest BCUT2D eigenvalue weighted by molar-refractivity contribution is 6.00. The third kappa shape index (κ3) is 4.78. The summed E-state index contributed by atoms with van der Waals surface area (Å²) < 4.78 is 33.5. The number of pyridine rings is 1. The fourth-order valence-electron chi connectivity index (χ4n) is 3.81. The van der Waals surface area contributed by atoms with Crippen LogP contribution in [0.1, 0.15) is 18.5 Å². The minimum atomic E-state index is -5.08. The van der Waals surface area contributed by atoms with Crippen molar-refractivity contribution < 1.29 is 27.9 Å². The lowest BCUT2D eigenvalue weighted by Gasteiger charge is -2.23. The number of alkyl halides is 3. The third-order valence-electron chi connectivity index (χ3n) is 5.30. The molecular weight excluding hydrogens is 403 g/mol. The van der Waals surface area contributed by atoms with Crippen molar-refractivity contribution in [3.63, 3.8) is 0 Å². The van der Waals surface area contributed by atoms with Gasteiger partial charge in [0.1, 0.15) is 0 Å². The Balaban J connectivity index is 0.000000318. The first kappa shape index (κ1) is 21.8. The van der Waals surface area contributed by atoms with E-state index in [0.29, 0.717) is 0 Å². The van der Waals surface area contributed by atoms with Crippen LogP contribution in [-0.2, 0) is 23.2 Å². The summed E-state index contributed by atoms with van der Waals surface area (Å²) >= 11 is 0. The van der Waals surface area contributed by atoms with Gasteiger partial charge in [-0.05, 0) is 31.5 Å². The highest BCUT2D eigenvalue weighted by Crippen LogP contribution is 2.42. The lowest BCUT2D eigenvalue weighted by molar-refractivity contribution is -0.192. The van der Waals surface area contributed by atoms with Gasteiger partial charge in [0.2, 0.25) is 5.91 Å². The summed E-state index contributed by atoms with van der Waals surface area (Å²) in [5.41, 5.74) is 1.77. The van der Waals surface area contributed by atoms with Crippen LogP contribution >= 0.6 is 0 Å². The molecule has 1 N–H and O–H groups in total. The molecule has 2 aliphatic rings. The number of halogens is 3. The number of aryl methyl sites for hydroxylation is 1. The average molecular weight is 425 g/mol. The van der Waals surface area contributed by atoms with Crippen molar-refractivity contribution in [2.45, 2.75) is 25.6 Å². The molecule has 162 valence electrons. The van der Waals surface area contributed by atoms with Crippen molar-refractivity contribution >= 4 is 17.6 Å². The molecule has 2 saturated heterocycles. The van der Waals surface area contributed by atoms with Crippen molar-refractivity contribution in [2.75, 3.05) is 24.5 Å². The van der Waals surface area contributed by atoms with Crippen LogP contribution < -0.4 is 4.90 Å². The van der Waals surface area contributed by atoms with E-state index >= 15 is 0 Å². The predicted octanol–water partition coefficient (Wildman–Crippen LogP) is 2.08. The van der Waals surface area contributed by atoms with Gasteiger partial charge in [0.15, 0.2) is 0 Å². The number of nitrogens with zero attached hydrogens (tertiary/aromatic N) is 5. The van der Waals surface area contributed by atoms with Crippen LogP contribution in [0.3, 0.4) is 0 Å². The molecular formula is C19H22F3N5O3. The van der Waals surface area contributed by atoms with E-state index in [0.717, 1.165) is 50.4 Å². The molecule has 8 nitrogen and oxygen atoms in total. The molecule has 0 aliphatic carbocycles. The number of anilines is 1. The normalized spacial score (nSPS) is 21.7. The predicted molar refractivity (Wildman–Crippen MR) is 100 cm³/mol. The Labute approximate surface area is 170 Å². The minimum Gasteiger partial charge on any atom is -0.475 e. The molecule has 1 amide bonds. The van der Waals surface area contributed by atoms with Crippen molar-refractivity contribution in [1.82, 2.24) is 19.7 Å². The van der Waals surface area contributed by atoms with Gasteiger partial charge in [-0.25, -0.2) is 4.79 Å². The number of carboxylic acid groups (broad SMARTS) is 1. The Morgan fingerprint density at radius 3 is 2.53 bits per heavy atom. The summed E-state index contributed by atoms with van der Waals surface area (Å²) in [4.78, 5) is 30.5. The Hall–Kier alpha value is -2.95. The number of hydrogen-bond donors (Lipinski definition) is 1. The van der Waals surface area contributed by atoms with E-state index in [9.17, 15) is 18.0 Å². The molecule has 0 saturated carbocycles. The number of likely N-dealkylation sites (tertiary alicyclic amines) is 1. The number of rotatable bonds is 3. The summed E-state index contributed by atoms with van der Waals surface area (Å²) in [6, 6.07) is 5.99. The topological polar surface area (TPSA) is 91.6 Å². The van der Waals surface area contributed by atoms with Crippen LogP contribution in [0.15, 0.2) is 36.8 Å². The molecule has 0 bridgehead atoms. The summed E-state index contributed by atoms with van der Waals surface area (Å²) in [5, 5.41) is 11.3. The molecule has 0 aromatic carbocycles. The van der Waals surface area contributed by atoms with Gasteiger partial charge in [0.05, 0.1) is 23.0 Å². The molecule has 1 spiro atoms. The van der Waals surface area contributed by atoms with E-state index in [1.165, 1.54) is 0 Å². The van der Waals surface area contributed by atoms with Gasteiger partial charge >= 0.3 is 12.1 Å². The zero-order chi connectivity index (χ0) is 21.9. The Morgan fingerprint density at radius 2 is 1.97 bits per heavy atom. The van der Waals surface area contributed by atoms with Crippen molar-refractivity contribution in [3.05, 3.63) is 42.5 Å². The summed E-state index contributed by atoms with van der Waals surface area (Å²) in [6.45, 7) is 3.41. The largest absolute Gasteiger partial charge is 0.490 e. The molecule has 2 fully saturated rings. The molecule has 11 heteroatoms. The smallest absolute Gasteiger partial charge is 0.475 e. The lowest BCUT2D eigenvalue weighted by atomic mass is 9.85. The zero-order valence-corrected chi connectivity index (χ0v) is 16.3. The van der Waals surface area contributed by atoms with Gasteiger partial charge in [-0.3, -0.25) is 19.4 Å². The maximum absolute atomic E-state index is 13.0. The fraction of sp³-hybridized carbons (Fsp3) is 0.474. The summed E-state index contributed by atoms with van der Waals surface area (Å²) in [6.07, 6.45) is 2.30. The summed E-state index contributed by atoms with van der Waals surface area (Å²) in [5.74, 6) is -2.50. The minimum absolute atomic E-state index is 0.218. The third-order valence-corrected chi connectivity index (χ3v) is 5.30. The first-order valence-corrected chi connectivity index (χ1v) is 9.34. The summed E-state index contributed by atoms with van der Waals surface area (Å²) in [7, 11) is 1.88. The first-order valence-electron chi connectivity index (χ1n) is 9.34. The first-order chi connectivity index (χ1) is 14.1. The van der Waals surface area contributed by atoms with Crippen LogP contribution in [0.4, 0.5) is 18.9 Å². The molecule has 1 unspecified atom stereocenters. The van der Waals surface area contributed by atoms with Crippen LogP contribution in [-0.4, -0.2) is 62.5 Å². The van der Waals surface area contributed by atoms with Crippen LogP contribution in [0.25, 0.3) is 0 Å². The highest BCUT2D eigenvalue weighted by Gasteiger charge is 2.51. The van der Waals surface area contributed by atoms with E-state index < -0.39 is 12.1 Å². The Kier molecular flexibility index (Phi) is 6.11. The number of aliphatic carboxylic acids is 1. The van der Waals surface area contributed by atoms with Gasteiger partial charge in [0, 0.05) is 39.1 Å². The van der Waals surface area contributed by atoms with E-state index in [1.807, 2.05) is 42.5 Å². The van der Waals surface area contributed by atoms with Crippen LogP contribution in [0.5, 0.6) is 0 Å². The van der Waals surface area contributed by atoms with Crippen LogP contribution in [0, 0.1) is 5.41 Å². The van der Waals surface area contributed by atoms with Crippen molar-refractivity contribution in [1.29, 1.82) is 0 Å². The number of carboxylic acids is 1. The van der Waals surface area contributed by atoms with Crippen molar-refractivity contribution in [3.8, 4) is 0 Å². The molecule has 2 aromatic heterocycles. The molecule has 30 heavy (non-hydrogen) atoms. The van der Waals surface area contributed by atoms with Gasteiger partial charge in [0.25, 0.3) is 0 Å². The standard InChI is InChI=1S/C17H21N5O.C2HF3O2/c1-20-12-15(10-19-20)22-9-6-17(16(22)23)5-8-21(13-17)11-14-4-2-3-7-18-14;3-2(4,5)1(6)7/h2-4,7,10,12H,5-6,8-9,11,13H2,1H3;(H,6,7). The lowest BCUT2D eigenvalue weighted by Crippen LogP contribution is -2.36. The molecule has 4 heterocycles. The zero-order valence-electron chi connectivity index (χ0n) is 16.3. The second-order valence-corrected chi connectivity index (χ2v) is 7.44. The van der Waals surface area contributed by atoms with Gasteiger partial charge in [-0.2, -0.15) is 18.3 Å². The van der Waals surface area contributed by atoms with Gasteiger partial charge in [-0.1, -0.05) is 6.07 Å². The van der Waals surface area contributed by atoms with E-state index in [4.69, 9.17) is 9.90 Å². The molecule has 2 aliphatic heterocycles. The number of hydrogen-bond acceptors (Lipinski definition) is 5. The van der Waals surface area contributed by atoms with Crippen molar-refractivity contribution in [2.24, 2.45) is 12.5 Å². The molecule has 1 atom stereocenters. The molecule has 4 rings (SSSR count).